The monoisotopic (exact) mass is 374 g/mol. The zero-order chi connectivity index (χ0) is 19.0. The second-order valence-electron chi connectivity index (χ2n) is 4.94. The van der Waals surface area contributed by atoms with Crippen molar-refractivity contribution in [2.75, 3.05) is 18.4 Å². The number of hydrogen-bond donors (Lipinski definition) is 1. The summed E-state index contributed by atoms with van der Waals surface area (Å²) in [6, 6.07) is 8.93. The van der Waals surface area contributed by atoms with E-state index in [9.17, 15) is 13.2 Å². The molecule has 11 heteroatoms. The molecule has 134 valence electrons. The van der Waals surface area contributed by atoms with E-state index in [1.807, 2.05) is 12.1 Å². The van der Waals surface area contributed by atoms with Crippen LogP contribution in [0.15, 0.2) is 40.0 Å². The Morgan fingerprint density at radius 3 is 2.27 bits per heavy atom. The molecule has 1 heterocycles. The zero-order valence-corrected chi connectivity index (χ0v) is 14.3. The molecule has 1 aromatic carbocycles. The number of rotatable bonds is 8. The fourth-order valence-electron chi connectivity index (χ4n) is 2.03. The van der Waals surface area contributed by atoms with Crippen LogP contribution in [0.1, 0.15) is 23.2 Å². The third-order valence-electron chi connectivity index (χ3n) is 3.28. The van der Waals surface area contributed by atoms with E-state index >= 15 is 0 Å². The Morgan fingerprint density at radius 2 is 1.77 bits per heavy atom. The molecule has 1 amide bonds. The van der Waals surface area contributed by atoms with E-state index in [-0.39, 0.29) is 42.4 Å². The highest BCUT2D eigenvalue weighted by atomic mass is 32.2. The standard InChI is InChI=1S/C15H14N6O4S/c16-7-1-9-21(10-2-8-17)26(23,24)13-5-3-12(4-6-13)14(22)19-15-20-18-11-25-15/h3-6,11H,1-2,9-10H2,(H,19,20,22). The van der Waals surface area contributed by atoms with Crippen LogP contribution >= 0.6 is 0 Å². The molecule has 2 aromatic rings. The molecule has 0 radical (unpaired) electrons. The van der Waals surface area contributed by atoms with Gasteiger partial charge in [0.05, 0.1) is 17.0 Å². The number of sulfonamides is 1. The Bertz CT molecular complexity index is 908. The van der Waals surface area contributed by atoms with Gasteiger partial charge in [-0.25, -0.2) is 8.42 Å². The maximum atomic E-state index is 12.7. The Hall–Kier alpha value is -3.28. The van der Waals surface area contributed by atoms with Gasteiger partial charge in [-0.05, 0) is 24.3 Å². The lowest BCUT2D eigenvalue weighted by Gasteiger charge is -2.20. The van der Waals surface area contributed by atoms with Crippen LogP contribution in [0.5, 0.6) is 0 Å². The summed E-state index contributed by atoms with van der Waals surface area (Å²) in [7, 11) is -3.88. The van der Waals surface area contributed by atoms with Gasteiger partial charge in [0, 0.05) is 31.5 Å². The van der Waals surface area contributed by atoms with Crippen molar-refractivity contribution >= 4 is 21.9 Å². The Balaban J connectivity index is 2.17. The molecule has 2 rings (SSSR count). The average Bonchev–Trinajstić information content (AvgIpc) is 3.14. The molecule has 0 unspecified atom stereocenters. The Kier molecular flexibility index (Phi) is 6.38. The molecule has 26 heavy (non-hydrogen) atoms. The molecule has 0 saturated heterocycles. The van der Waals surface area contributed by atoms with E-state index in [0.29, 0.717) is 0 Å². The lowest BCUT2D eigenvalue weighted by Crippen LogP contribution is -2.32. The largest absolute Gasteiger partial charge is 0.411 e. The molecular formula is C15H14N6O4S. The van der Waals surface area contributed by atoms with Crippen LogP contribution in [0, 0.1) is 22.7 Å². The predicted molar refractivity (Wildman–Crippen MR) is 87.9 cm³/mol. The number of carbonyl (C=O) groups is 1. The number of anilines is 1. The number of hydrogen-bond acceptors (Lipinski definition) is 8. The zero-order valence-electron chi connectivity index (χ0n) is 13.5. The lowest BCUT2D eigenvalue weighted by atomic mass is 10.2. The number of nitriles is 2. The molecule has 0 aliphatic carbocycles. The van der Waals surface area contributed by atoms with Crippen LogP contribution in [-0.2, 0) is 10.0 Å². The molecule has 0 saturated carbocycles. The summed E-state index contributed by atoms with van der Waals surface area (Å²) in [5.74, 6) is -0.538. The Labute approximate surface area is 149 Å². The maximum absolute atomic E-state index is 12.7. The molecule has 1 aromatic heterocycles. The number of nitrogens with one attached hydrogen (secondary N) is 1. The fraction of sp³-hybridized carbons (Fsp3) is 0.267. The summed E-state index contributed by atoms with van der Waals surface area (Å²) in [5.41, 5.74) is 0.197. The van der Waals surface area contributed by atoms with Gasteiger partial charge >= 0.3 is 6.01 Å². The van der Waals surface area contributed by atoms with Gasteiger partial charge in [-0.1, -0.05) is 5.10 Å². The second-order valence-corrected chi connectivity index (χ2v) is 6.88. The minimum absolute atomic E-state index is 0.00926. The highest BCUT2D eigenvalue weighted by Gasteiger charge is 2.24. The van der Waals surface area contributed by atoms with Crippen LogP contribution in [0.2, 0.25) is 0 Å². The van der Waals surface area contributed by atoms with Crippen molar-refractivity contribution in [1.29, 1.82) is 10.5 Å². The van der Waals surface area contributed by atoms with Gasteiger partial charge in [-0.3, -0.25) is 10.1 Å². The fourth-order valence-corrected chi connectivity index (χ4v) is 3.47. The molecule has 0 aliphatic heterocycles. The van der Waals surface area contributed by atoms with Gasteiger partial charge in [-0.15, -0.1) is 5.10 Å². The average molecular weight is 374 g/mol. The first-order valence-corrected chi connectivity index (χ1v) is 8.84. The van der Waals surface area contributed by atoms with Crippen molar-refractivity contribution in [2.45, 2.75) is 17.7 Å². The first kappa shape index (κ1) is 19.1. The van der Waals surface area contributed by atoms with E-state index in [4.69, 9.17) is 14.9 Å². The molecule has 0 fully saturated rings. The van der Waals surface area contributed by atoms with Gasteiger partial charge < -0.3 is 4.42 Å². The first-order chi connectivity index (χ1) is 12.5. The van der Waals surface area contributed by atoms with Crippen LogP contribution in [0.4, 0.5) is 6.01 Å². The third-order valence-corrected chi connectivity index (χ3v) is 5.19. The number of carbonyl (C=O) groups excluding carboxylic acids is 1. The normalized spacial score (nSPS) is 10.9. The molecule has 10 nitrogen and oxygen atoms in total. The minimum Gasteiger partial charge on any atom is -0.411 e. The minimum atomic E-state index is -3.88. The third kappa shape index (κ3) is 4.63. The van der Waals surface area contributed by atoms with Crippen molar-refractivity contribution in [3.05, 3.63) is 36.2 Å². The number of benzene rings is 1. The number of nitrogens with zero attached hydrogens (tertiary/aromatic N) is 5. The SMILES string of the molecule is N#CCCN(CCC#N)S(=O)(=O)c1ccc(C(=O)Nc2nnco2)cc1. The smallest absolute Gasteiger partial charge is 0.322 e. The quantitative estimate of drug-likeness (QED) is 0.721. The summed E-state index contributed by atoms with van der Waals surface area (Å²) >= 11 is 0. The van der Waals surface area contributed by atoms with E-state index in [0.717, 1.165) is 10.7 Å². The number of amides is 1. The summed E-state index contributed by atoms with van der Waals surface area (Å²) in [6.45, 7) is -0.0279. The highest BCUT2D eigenvalue weighted by molar-refractivity contribution is 7.89. The lowest BCUT2D eigenvalue weighted by molar-refractivity contribution is 0.102. The van der Waals surface area contributed by atoms with E-state index in [1.54, 1.807) is 0 Å². The molecule has 0 atom stereocenters. The van der Waals surface area contributed by atoms with Crippen LogP contribution < -0.4 is 5.32 Å². The van der Waals surface area contributed by atoms with Gasteiger partial charge in [0.15, 0.2) is 0 Å². The van der Waals surface area contributed by atoms with E-state index in [1.165, 1.54) is 24.3 Å². The molecule has 0 aliphatic rings. The first-order valence-electron chi connectivity index (χ1n) is 7.40. The summed E-state index contributed by atoms with van der Waals surface area (Å²) in [5, 5.41) is 26.7. The van der Waals surface area contributed by atoms with Crippen molar-refractivity contribution in [3.8, 4) is 12.1 Å². The Morgan fingerprint density at radius 1 is 1.15 bits per heavy atom. The van der Waals surface area contributed by atoms with Crippen LogP contribution in [-0.4, -0.2) is 41.9 Å². The highest BCUT2D eigenvalue weighted by Crippen LogP contribution is 2.18. The van der Waals surface area contributed by atoms with Gasteiger partial charge in [0.2, 0.25) is 16.4 Å². The van der Waals surface area contributed by atoms with Crippen molar-refractivity contribution < 1.29 is 17.6 Å². The van der Waals surface area contributed by atoms with Gasteiger partial charge in [-0.2, -0.15) is 14.8 Å². The molecule has 0 bridgehead atoms. The maximum Gasteiger partial charge on any atom is 0.322 e. The van der Waals surface area contributed by atoms with Crippen LogP contribution in [0.25, 0.3) is 0 Å². The van der Waals surface area contributed by atoms with Crippen LogP contribution in [0.3, 0.4) is 0 Å². The van der Waals surface area contributed by atoms with E-state index < -0.39 is 15.9 Å². The van der Waals surface area contributed by atoms with Crippen molar-refractivity contribution in [1.82, 2.24) is 14.5 Å². The number of aromatic nitrogens is 2. The molecule has 1 N–H and O–H groups in total. The van der Waals surface area contributed by atoms with Gasteiger partial charge in [0.1, 0.15) is 0 Å². The topological polar surface area (TPSA) is 153 Å². The van der Waals surface area contributed by atoms with Crippen molar-refractivity contribution in [2.24, 2.45) is 0 Å². The predicted octanol–water partition coefficient (Wildman–Crippen LogP) is 1.14. The van der Waals surface area contributed by atoms with Gasteiger partial charge in [0.25, 0.3) is 5.91 Å². The molecular weight excluding hydrogens is 360 g/mol. The van der Waals surface area contributed by atoms with Crippen molar-refractivity contribution in [3.63, 3.8) is 0 Å². The second kappa shape index (κ2) is 8.71. The summed E-state index contributed by atoms with van der Waals surface area (Å²) in [6.07, 6.45) is 1.08. The van der Waals surface area contributed by atoms with E-state index in [2.05, 4.69) is 15.5 Å². The summed E-state index contributed by atoms with van der Waals surface area (Å²) in [4.78, 5) is 12.0. The summed E-state index contributed by atoms with van der Waals surface area (Å²) < 4.78 is 31.2. The molecule has 0 spiro atoms.